The summed E-state index contributed by atoms with van der Waals surface area (Å²) in [5, 5.41) is 12.4. The topological polar surface area (TPSA) is 101 Å². The Labute approximate surface area is 220 Å². The summed E-state index contributed by atoms with van der Waals surface area (Å²) >= 11 is 0. The maximum atomic E-state index is 13.4. The van der Waals surface area contributed by atoms with E-state index in [2.05, 4.69) is 4.98 Å². The number of carbonyl (C=O) groups is 2. The van der Waals surface area contributed by atoms with Gasteiger partial charge in [0, 0.05) is 40.8 Å². The summed E-state index contributed by atoms with van der Waals surface area (Å²) in [6.45, 7) is 0.256. The fourth-order valence-corrected chi connectivity index (χ4v) is 4.96. The van der Waals surface area contributed by atoms with Crippen molar-refractivity contribution >= 4 is 28.4 Å². The summed E-state index contributed by atoms with van der Waals surface area (Å²) in [7, 11) is 4.61. The number of aromatic amines is 1. The van der Waals surface area contributed by atoms with Gasteiger partial charge in [0.2, 0.25) is 0 Å². The lowest BCUT2D eigenvalue weighted by atomic mass is 9.94. The summed E-state index contributed by atoms with van der Waals surface area (Å²) in [6.07, 6.45) is 2.43. The number of benzene rings is 3. The summed E-state index contributed by atoms with van der Waals surface area (Å²) in [5.41, 5.74) is 3.00. The molecule has 0 aliphatic carbocycles. The average molecular weight is 513 g/mol. The monoisotopic (exact) mass is 512 g/mol. The summed E-state index contributed by atoms with van der Waals surface area (Å²) in [6, 6.07) is 18.9. The Morgan fingerprint density at radius 3 is 2.34 bits per heavy atom. The number of amides is 1. The number of aromatic nitrogens is 1. The minimum absolute atomic E-state index is 0.00237. The van der Waals surface area contributed by atoms with Crippen LogP contribution >= 0.6 is 0 Å². The summed E-state index contributed by atoms with van der Waals surface area (Å²) in [5.74, 6) is -0.0778. The van der Waals surface area contributed by atoms with Gasteiger partial charge in [0.05, 0.1) is 32.9 Å². The van der Waals surface area contributed by atoms with Crippen LogP contribution in [0.25, 0.3) is 16.7 Å². The van der Waals surface area contributed by atoms with Crippen LogP contribution in [0.1, 0.15) is 22.7 Å². The molecular weight excluding hydrogens is 484 g/mol. The zero-order valence-corrected chi connectivity index (χ0v) is 21.4. The Kier molecular flexibility index (Phi) is 6.79. The Morgan fingerprint density at radius 2 is 1.63 bits per heavy atom. The number of H-pyrrole nitrogens is 1. The molecule has 1 atom stereocenters. The van der Waals surface area contributed by atoms with E-state index in [0.717, 1.165) is 16.5 Å². The molecule has 2 N–H and O–H groups in total. The van der Waals surface area contributed by atoms with E-state index in [1.807, 2.05) is 30.5 Å². The number of fused-ring (bicyclic) bond motifs is 1. The number of likely N-dealkylation sites (tertiary alicyclic amines) is 1. The quantitative estimate of drug-likeness (QED) is 0.199. The number of para-hydroxylation sites is 1. The molecule has 0 bridgehead atoms. The van der Waals surface area contributed by atoms with Gasteiger partial charge >= 0.3 is 0 Å². The summed E-state index contributed by atoms with van der Waals surface area (Å²) < 4.78 is 16.2. The SMILES string of the molecule is COc1ccc(/C(O)=C2\C(=O)C(=O)N(CCc3c[nH]c4ccccc34)C2c2ccc(OC)cc2OC)cc1. The van der Waals surface area contributed by atoms with Crippen molar-refractivity contribution in [1.29, 1.82) is 0 Å². The molecule has 194 valence electrons. The smallest absolute Gasteiger partial charge is 0.295 e. The van der Waals surface area contributed by atoms with Crippen molar-refractivity contribution in [3.63, 3.8) is 0 Å². The van der Waals surface area contributed by atoms with Crippen molar-refractivity contribution in [3.8, 4) is 17.2 Å². The normalized spacial score (nSPS) is 16.7. The van der Waals surface area contributed by atoms with Crippen LogP contribution < -0.4 is 14.2 Å². The molecule has 1 unspecified atom stereocenters. The number of aliphatic hydroxyl groups excluding tert-OH is 1. The van der Waals surface area contributed by atoms with Crippen LogP contribution in [0.5, 0.6) is 17.2 Å². The van der Waals surface area contributed by atoms with Crippen molar-refractivity contribution in [2.45, 2.75) is 12.5 Å². The molecule has 0 saturated carbocycles. The first-order valence-corrected chi connectivity index (χ1v) is 12.2. The van der Waals surface area contributed by atoms with E-state index in [4.69, 9.17) is 14.2 Å². The van der Waals surface area contributed by atoms with Crippen LogP contribution in [-0.2, 0) is 16.0 Å². The van der Waals surface area contributed by atoms with Gasteiger partial charge in [-0.05, 0) is 54.4 Å². The molecule has 3 aromatic carbocycles. The predicted octanol–water partition coefficient (Wildman–Crippen LogP) is 4.86. The van der Waals surface area contributed by atoms with Crippen molar-refractivity contribution in [2.24, 2.45) is 0 Å². The number of hydrogen-bond donors (Lipinski definition) is 2. The second kappa shape index (κ2) is 10.3. The molecule has 1 saturated heterocycles. The fraction of sp³-hybridized carbons (Fsp3) is 0.200. The Hall–Kier alpha value is -4.72. The third-order valence-corrected chi connectivity index (χ3v) is 6.94. The van der Waals surface area contributed by atoms with Crippen molar-refractivity contribution in [3.05, 3.63) is 95.2 Å². The van der Waals surface area contributed by atoms with Crippen LogP contribution in [0, 0.1) is 0 Å². The first-order valence-electron chi connectivity index (χ1n) is 12.2. The number of carbonyl (C=O) groups excluding carboxylic acids is 2. The average Bonchev–Trinajstić information content (AvgIpc) is 3.49. The highest BCUT2D eigenvalue weighted by molar-refractivity contribution is 6.46. The van der Waals surface area contributed by atoms with E-state index >= 15 is 0 Å². The molecule has 8 heteroatoms. The van der Waals surface area contributed by atoms with Gasteiger partial charge in [0.1, 0.15) is 23.0 Å². The second-order valence-corrected chi connectivity index (χ2v) is 8.94. The van der Waals surface area contributed by atoms with Gasteiger partial charge in [-0.2, -0.15) is 0 Å². The molecular formula is C30H28N2O6. The lowest BCUT2D eigenvalue weighted by Crippen LogP contribution is -2.31. The minimum atomic E-state index is -0.858. The predicted molar refractivity (Wildman–Crippen MR) is 144 cm³/mol. The number of Topliss-reactive ketones (excluding diaryl/α,β-unsaturated/α-hetero) is 1. The number of hydrogen-bond acceptors (Lipinski definition) is 6. The molecule has 5 rings (SSSR count). The third-order valence-electron chi connectivity index (χ3n) is 6.94. The maximum absolute atomic E-state index is 13.4. The number of ether oxygens (including phenoxy) is 3. The molecule has 8 nitrogen and oxygen atoms in total. The molecule has 1 amide bonds. The van der Waals surface area contributed by atoms with Gasteiger partial charge in [0.15, 0.2) is 0 Å². The largest absolute Gasteiger partial charge is 0.507 e. The lowest BCUT2D eigenvalue weighted by molar-refractivity contribution is -0.139. The number of rotatable bonds is 8. The molecule has 1 aliphatic heterocycles. The molecule has 1 aromatic heterocycles. The Morgan fingerprint density at radius 1 is 0.921 bits per heavy atom. The first-order chi connectivity index (χ1) is 18.5. The maximum Gasteiger partial charge on any atom is 0.295 e. The number of methoxy groups -OCH3 is 3. The molecule has 2 heterocycles. The van der Waals surface area contributed by atoms with Crippen LogP contribution in [0.15, 0.2) is 78.5 Å². The van der Waals surface area contributed by atoms with Crippen molar-refractivity contribution in [1.82, 2.24) is 9.88 Å². The van der Waals surface area contributed by atoms with Gasteiger partial charge in [-0.25, -0.2) is 0 Å². The first kappa shape index (κ1) is 25.0. The molecule has 1 aliphatic rings. The minimum Gasteiger partial charge on any atom is -0.507 e. The molecule has 38 heavy (non-hydrogen) atoms. The number of aliphatic hydroxyl groups is 1. The Bertz CT molecular complexity index is 1540. The lowest BCUT2D eigenvalue weighted by Gasteiger charge is -2.27. The van der Waals surface area contributed by atoms with E-state index in [-0.39, 0.29) is 17.9 Å². The van der Waals surface area contributed by atoms with E-state index < -0.39 is 17.7 Å². The standard InChI is InChI=1S/C30H28N2O6/c1-36-20-10-8-18(9-11-20)28(33)26-27(23-13-12-21(37-2)16-25(23)38-3)32(30(35)29(26)34)15-14-19-17-31-24-7-5-4-6-22(19)24/h4-13,16-17,27,31,33H,14-15H2,1-3H3/b28-26+. The van der Waals surface area contributed by atoms with Gasteiger partial charge in [-0.1, -0.05) is 18.2 Å². The molecule has 1 fully saturated rings. The highest BCUT2D eigenvalue weighted by atomic mass is 16.5. The van der Waals surface area contributed by atoms with Gasteiger partial charge < -0.3 is 29.2 Å². The van der Waals surface area contributed by atoms with E-state index in [9.17, 15) is 14.7 Å². The molecule has 4 aromatic rings. The van der Waals surface area contributed by atoms with Gasteiger partial charge in [-0.3, -0.25) is 9.59 Å². The van der Waals surface area contributed by atoms with Crippen LogP contribution in [0.2, 0.25) is 0 Å². The third kappa shape index (κ3) is 4.34. The highest BCUT2D eigenvalue weighted by Gasteiger charge is 2.47. The van der Waals surface area contributed by atoms with Gasteiger partial charge in [-0.15, -0.1) is 0 Å². The Balaban J connectivity index is 1.61. The van der Waals surface area contributed by atoms with Crippen LogP contribution in [0.4, 0.5) is 0 Å². The second-order valence-electron chi connectivity index (χ2n) is 8.94. The number of nitrogens with one attached hydrogen (secondary N) is 1. The fourth-order valence-electron chi connectivity index (χ4n) is 4.96. The number of nitrogens with zero attached hydrogens (tertiary/aromatic N) is 1. The summed E-state index contributed by atoms with van der Waals surface area (Å²) in [4.78, 5) is 31.6. The van der Waals surface area contributed by atoms with Crippen LogP contribution in [0.3, 0.4) is 0 Å². The van der Waals surface area contributed by atoms with E-state index in [1.165, 1.54) is 12.0 Å². The van der Waals surface area contributed by atoms with Crippen LogP contribution in [-0.4, -0.2) is 54.6 Å². The number of ketones is 1. The van der Waals surface area contributed by atoms with E-state index in [0.29, 0.717) is 34.8 Å². The van der Waals surface area contributed by atoms with Crippen molar-refractivity contribution < 1.29 is 28.9 Å². The molecule has 0 spiro atoms. The van der Waals surface area contributed by atoms with Crippen molar-refractivity contribution in [2.75, 3.05) is 27.9 Å². The zero-order chi connectivity index (χ0) is 26.8. The zero-order valence-electron chi connectivity index (χ0n) is 21.4. The highest BCUT2D eigenvalue weighted by Crippen LogP contribution is 2.44. The molecule has 0 radical (unpaired) electrons. The van der Waals surface area contributed by atoms with Gasteiger partial charge in [0.25, 0.3) is 11.7 Å². The van der Waals surface area contributed by atoms with E-state index in [1.54, 1.807) is 56.7 Å².